The molecule has 0 bridgehead atoms. The van der Waals surface area contributed by atoms with Crippen LogP contribution in [0.3, 0.4) is 0 Å². The zero-order valence-corrected chi connectivity index (χ0v) is 9.98. The van der Waals surface area contributed by atoms with Crippen molar-refractivity contribution in [2.75, 3.05) is 13.7 Å². The maximum atomic E-state index is 11.2. The van der Waals surface area contributed by atoms with Gasteiger partial charge in [0.2, 0.25) is 0 Å². The Morgan fingerprint density at radius 3 is 2.76 bits per heavy atom. The zero-order valence-electron chi connectivity index (χ0n) is 9.98. The number of rotatable bonds is 3. The standard InChI is InChI=1S/C14H17NO2/c1-17-14(16)12-7-4-11(5-8-12)6-9-13-3-2-10-15-13/h4-9,13,15H,2-3,10H2,1H3/b9-6+. The fourth-order valence-corrected chi connectivity index (χ4v) is 1.95. The maximum absolute atomic E-state index is 11.2. The lowest BCUT2D eigenvalue weighted by molar-refractivity contribution is 0.0601. The first-order chi connectivity index (χ1) is 8.29. The number of esters is 1. The summed E-state index contributed by atoms with van der Waals surface area (Å²) in [6.07, 6.45) is 6.72. The van der Waals surface area contributed by atoms with Gasteiger partial charge in [0.15, 0.2) is 0 Å². The molecule has 3 heteroatoms. The molecule has 0 amide bonds. The third-order valence-corrected chi connectivity index (χ3v) is 2.95. The zero-order chi connectivity index (χ0) is 12.1. The lowest BCUT2D eigenvalue weighted by atomic mass is 10.1. The van der Waals surface area contributed by atoms with Gasteiger partial charge in [-0.25, -0.2) is 4.79 Å². The van der Waals surface area contributed by atoms with Crippen LogP contribution in [0.5, 0.6) is 0 Å². The van der Waals surface area contributed by atoms with Gasteiger partial charge in [-0.15, -0.1) is 0 Å². The topological polar surface area (TPSA) is 38.3 Å². The number of carbonyl (C=O) groups is 1. The Balaban J connectivity index is 2.00. The molecule has 0 aromatic heterocycles. The molecule has 1 fully saturated rings. The van der Waals surface area contributed by atoms with Gasteiger partial charge in [-0.3, -0.25) is 0 Å². The third kappa shape index (κ3) is 3.17. The molecule has 1 aromatic carbocycles. The van der Waals surface area contributed by atoms with Gasteiger partial charge in [0.25, 0.3) is 0 Å². The van der Waals surface area contributed by atoms with E-state index in [0.29, 0.717) is 11.6 Å². The molecule has 1 atom stereocenters. The van der Waals surface area contributed by atoms with E-state index in [4.69, 9.17) is 0 Å². The minimum Gasteiger partial charge on any atom is -0.465 e. The van der Waals surface area contributed by atoms with Crippen LogP contribution in [0.25, 0.3) is 6.08 Å². The minimum atomic E-state index is -0.294. The first kappa shape index (κ1) is 11.9. The molecule has 1 aliphatic rings. The molecular weight excluding hydrogens is 214 g/mol. The van der Waals surface area contributed by atoms with E-state index in [1.807, 2.05) is 12.1 Å². The van der Waals surface area contributed by atoms with Gasteiger partial charge in [0.05, 0.1) is 12.7 Å². The Bertz CT molecular complexity index is 403. The Labute approximate surface area is 101 Å². The van der Waals surface area contributed by atoms with Crippen molar-refractivity contribution in [2.45, 2.75) is 18.9 Å². The third-order valence-electron chi connectivity index (χ3n) is 2.95. The summed E-state index contributed by atoms with van der Waals surface area (Å²) in [5, 5.41) is 3.40. The molecule has 1 saturated heterocycles. The van der Waals surface area contributed by atoms with Crippen LogP contribution >= 0.6 is 0 Å². The first-order valence-corrected chi connectivity index (χ1v) is 5.89. The van der Waals surface area contributed by atoms with Crippen molar-refractivity contribution in [3.63, 3.8) is 0 Å². The number of nitrogens with one attached hydrogen (secondary N) is 1. The van der Waals surface area contributed by atoms with Gasteiger partial charge >= 0.3 is 5.97 Å². The van der Waals surface area contributed by atoms with Crippen molar-refractivity contribution in [2.24, 2.45) is 0 Å². The summed E-state index contributed by atoms with van der Waals surface area (Å²) in [5.41, 5.74) is 1.69. The van der Waals surface area contributed by atoms with Crippen molar-refractivity contribution in [1.82, 2.24) is 5.32 Å². The van der Waals surface area contributed by atoms with Gasteiger partial charge < -0.3 is 10.1 Å². The molecular formula is C14H17NO2. The number of methoxy groups -OCH3 is 1. The highest BCUT2D eigenvalue weighted by atomic mass is 16.5. The second-order valence-corrected chi connectivity index (χ2v) is 4.18. The van der Waals surface area contributed by atoms with Gasteiger partial charge in [0, 0.05) is 6.04 Å². The van der Waals surface area contributed by atoms with Crippen molar-refractivity contribution in [1.29, 1.82) is 0 Å². The van der Waals surface area contributed by atoms with E-state index in [1.165, 1.54) is 20.0 Å². The molecule has 0 aliphatic carbocycles. The number of benzene rings is 1. The molecule has 0 saturated carbocycles. The summed E-state index contributed by atoms with van der Waals surface area (Å²) >= 11 is 0. The molecule has 1 N–H and O–H groups in total. The van der Waals surface area contributed by atoms with Crippen LogP contribution in [0.4, 0.5) is 0 Å². The lowest BCUT2D eigenvalue weighted by Crippen LogP contribution is -2.17. The van der Waals surface area contributed by atoms with E-state index >= 15 is 0 Å². The second-order valence-electron chi connectivity index (χ2n) is 4.18. The summed E-state index contributed by atoms with van der Waals surface area (Å²) in [6, 6.07) is 7.92. The predicted octanol–water partition coefficient (Wildman–Crippen LogP) is 2.24. The van der Waals surface area contributed by atoms with E-state index in [9.17, 15) is 4.79 Å². The van der Waals surface area contributed by atoms with E-state index in [2.05, 4.69) is 22.2 Å². The Morgan fingerprint density at radius 1 is 1.41 bits per heavy atom. The average Bonchev–Trinajstić information content (AvgIpc) is 2.89. The Hall–Kier alpha value is -1.61. The lowest BCUT2D eigenvalue weighted by Gasteiger charge is -2.03. The van der Waals surface area contributed by atoms with Crippen LogP contribution in [0.15, 0.2) is 30.3 Å². The summed E-state index contributed by atoms with van der Waals surface area (Å²) in [7, 11) is 1.39. The van der Waals surface area contributed by atoms with Crippen molar-refractivity contribution >= 4 is 12.0 Å². The number of carbonyl (C=O) groups excluding carboxylic acids is 1. The van der Waals surface area contributed by atoms with E-state index in [0.717, 1.165) is 12.1 Å². The van der Waals surface area contributed by atoms with Crippen molar-refractivity contribution < 1.29 is 9.53 Å². The largest absolute Gasteiger partial charge is 0.465 e. The van der Waals surface area contributed by atoms with E-state index in [1.54, 1.807) is 12.1 Å². The highest BCUT2D eigenvalue weighted by molar-refractivity contribution is 5.89. The van der Waals surface area contributed by atoms with Crippen LogP contribution in [-0.2, 0) is 4.74 Å². The average molecular weight is 231 g/mol. The van der Waals surface area contributed by atoms with Gasteiger partial charge in [-0.2, -0.15) is 0 Å². The summed E-state index contributed by atoms with van der Waals surface area (Å²) in [5.74, 6) is -0.294. The van der Waals surface area contributed by atoms with Gasteiger partial charge in [0.1, 0.15) is 0 Å². The molecule has 2 rings (SSSR count). The molecule has 3 nitrogen and oxygen atoms in total. The van der Waals surface area contributed by atoms with Crippen LogP contribution in [0.2, 0.25) is 0 Å². The molecule has 0 radical (unpaired) electrons. The number of ether oxygens (including phenoxy) is 1. The summed E-state index contributed by atoms with van der Waals surface area (Å²) in [6.45, 7) is 1.11. The van der Waals surface area contributed by atoms with Gasteiger partial charge in [-0.1, -0.05) is 24.3 Å². The fraction of sp³-hybridized carbons (Fsp3) is 0.357. The Kier molecular flexibility index (Phi) is 3.94. The summed E-state index contributed by atoms with van der Waals surface area (Å²) < 4.78 is 4.65. The fourth-order valence-electron chi connectivity index (χ4n) is 1.95. The molecule has 0 spiro atoms. The Morgan fingerprint density at radius 2 is 2.18 bits per heavy atom. The van der Waals surface area contributed by atoms with Crippen molar-refractivity contribution in [3.8, 4) is 0 Å². The van der Waals surface area contributed by atoms with E-state index in [-0.39, 0.29) is 5.97 Å². The van der Waals surface area contributed by atoms with Gasteiger partial charge in [-0.05, 0) is 37.1 Å². The number of hydrogen-bond donors (Lipinski definition) is 1. The highest BCUT2D eigenvalue weighted by Crippen LogP contribution is 2.11. The molecule has 17 heavy (non-hydrogen) atoms. The molecule has 1 aliphatic heterocycles. The molecule has 90 valence electrons. The quantitative estimate of drug-likeness (QED) is 0.811. The molecule has 1 aromatic rings. The normalized spacial score (nSPS) is 19.7. The number of hydrogen-bond acceptors (Lipinski definition) is 3. The highest BCUT2D eigenvalue weighted by Gasteiger charge is 2.09. The first-order valence-electron chi connectivity index (χ1n) is 5.89. The molecule has 1 unspecified atom stereocenters. The van der Waals surface area contributed by atoms with Crippen LogP contribution in [0.1, 0.15) is 28.8 Å². The summed E-state index contributed by atoms with van der Waals surface area (Å²) in [4.78, 5) is 11.2. The molecule has 1 heterocycles. The SMILES string of the molecule is COC(=O)c1ccc(/C=C/C2CCCN2)cc1. The predicted molar refractivity (Wildman–Crippen MR) is 67.8 cm³/mol. The van der Waals surface area contributed by atoms with E-state index < -0.39 is 0 Å². The monoisotopic (exact) mass is 231 g/mol. The maximum Gasteiger partial charge on any atom is 0.337 e. The minimum absolute atomic E-state index is 0.294. The van der Waals surface area contributed by atoms with Crippen LogP contribution < -0.4 is 5.32 Å². The van der Waals surface area contributed by atoms with Crippen LogP contribution in [0, 0.1) is 0 Å². The second kappa shape index (κ2) is 5.64. The van der Waals surface area contributed by atoms with Crippen molar-refractivity contribution in [3.05, 3.63) is 41.5 Å². The van der Waals surface area contributed by atoms with Crippen LogP contribution in [-0.4, -0.2) is 25.7 Å². The smallest absolute Gasteiger partial charge is 0.337 e.